The molecule has 0 saturated heterocycles. The molecule has 0 saturated carbocycles. The number of ether oxygens (including phenoxy) is 3. The molecule has 0 aliphatic heterocycles. The normalized spacial score (nSPS) is 16.6. The minimum Gasteiger partial charge on any atom is -0.430 e. The minimum atomic E-state index is -1.41. The van der Waals surface area contributed by atoms with Crippen LogP contribution >= 0.6 is 0 Å². The van der Waals surface area contributed by atoms with Crippen molar-refractivity contribution in [1.82, 2.24) is 0 Å². The zero-order valence-electron chi connectivity index (χ0n) is 10.8. The Bertz CT molecular complexity index is 303. The molecule has 0 bridgehead atoms. The van der Waals surface area contributed by atoms with Gasteiger partial charge in [-0.05, 0) is 13.8 Å². The van der Waals surface area contributed by atoms with Crippen molar-refractivity contribution in [2.45, 2.75) is 38.6 Å². The number of carbonyl (C=O) groups is 2. The molecule has 4 unspecified atom stereocenters. The molecule has 7 nitrogen and oxygen atoms in total. The molecule has 0 radical (unpaired) electrons. The SMILES string of the molecule is C=CC(=O)OC(OC(OC(=O)C=C)C(C)O)C(C)O. The van der Waals surface area contributed by atoms with Gasteiger partial charge in [-0.3, -0.25) is 4.74 Å². The summed E-state index contributed by atoms with van der Waals surface area (Å²) in [5, 5.41) is 18.8. The highest BCUT2D eigenvalue weighted by Crippen LogP contribution is 2.11. The van der Waals surface area contributed by atoms with Gasteiger partial charge >= 0.3 is 11.9 Å². The van der Waals surface area contributed by atoms with Gasteiger partial charge < -0.3 is 19.7 Å². The molecule has 0 amide bonds. The highest BCUT2D eigenvalue weighted by Gasteiger charge is 2.28. The lowest BCUT2D eigenvalue weighted by Gasteiger charge is -2.27. The van der Waals surface area contributed by atoms with E-state index in [0.29, 0.717) is 0 Å². The average Bonchev–Trinajstić information content (AvgIpc) is 2.35. The van der Waals surface area contributed by atoms with Gasteiger partial charge in [0.05, 0.1) is 0 Å². The van der Waals surface area contributed by atoms with Gasteiger partial charge in [-0.15, -0.1) is 0 Å². The fourth-order valence-corrected chi connectivity index (χ4v) is 0.937. The van der Waals surface area contributed by atoms with E-state index in [4.69, 9.17) is 14.2 Å². The van der Waals surface area contributed by atoms with E-state index in [-0.39, 0.29) is 0 Å². The Hall–Kier alpha value is -1.70. The van der Waals surface area contributed by atoms with Crippen molar-refractivity contribution < 1.29 is 34.0 Å². The van der Waals surface area contributed by atoms with Gasteiger partial charge in [0.25, 0.3) is 0 Å². The molecule has 2 N–H and O–H groups in total. The lowest BCUT2D eigenvalue weighted by atomic mass is 10.3. The monoisotopic (exact) mass is 274 g/mol. The van der Waals surface area contributed by atoms with Crippen LogP contribution in [0.15, 0.2) is 25.3 Å². The van der Waals surface area contributed by atoms with Crippen molar-refractivity contribution in [3.8, 4) is 0 Å². The maximum atomic E-state index is 11.0. The van der Waals surface area contributed by atoms with Gasteiger partial charge in [0.2, 0.25) is 12.6 Å². The number of hydrogen-bond donors (Lipinski definition) is 2. The van der Waals surface area contributed by atoms with Gasteiger partial charge in [0, 0.05) is 12.2 Å². The molecule has 0 heterocycles. The quantitative estimate of drug-likeness (QED) is 0.361. The zero-order chi connectivity index (χ0) is 15.0. The summed E-state index contributed by atoms with van der Waals surface area (Å²) in [6.07, 6.45) is -3.47. The predicted molar refractivity (Wildman–Crippen MR) is 64.6 cm³/mol. The number of aliphatic hydroxyl groups is 2. The van der Waals surface area contributed by atoms with Gasteiger partial charge in [-0.25, -0.2) is 9.59 Å². The second kappa shape index (κ2) is 8.41. The predicted octanol–water partition coefficient (Wildman–Crippen LogP) is -0.125. The topological polar surface area (TPSA) is 102 Å². The molecule has 0 aromatic heterocycles. The first-order chi connectivity index (χ1) is 8.81. The summed E-state index contributed by atoms with van der Waals surface area (Å²) in [5.41, 5.74) is 0. The summed E-state index contributed by atoms with van der Waals surface area (Å²) >= 11 is 0. The molecule has 0 spiro atoms. The maximum Gasteiger partial charge on any atom is 0.332 e. The second-order valence-corrected chi connectivity index (χ2v) is 3.64. The summed E-state index contributed by atoms with van der Waals surface area (Å²) in [7, 11) is 0. The number of rotatable bonds is 8. The molecule has 0 aromatic rings. The molecule has 7 heteroatoms. The van der Waals surface area contributed by atoms with Crippen molar-refractivity contribution in [2.75, 3.05) is 0 Å². The van der Waals surface area contributed by atoms with Crippen LogP contribution in [0.3, 0.4) is 0 Å². The summed E-state index contributed by atoms with van der Waals surface area (Å²) in [4.78, 5) is 22.1. The number of esters is 2. The standard InChI is InChI=1S/C12H18O7/c1-5-9(15)17-11(7(3)13)19-12(8(4)14)18-10(16)6-2/h5-8,11-14H,1-2H2,3-4H3. The molecule has 0 aliphatic rings. The first kappa shape index (κ1) is 17.3. The molecule has 108 valence electrons. The van der Waals surface area contributed by atoms with Crippen LogP contribution in [-0.2, 0) is 23.8 Å². The fraction of sp³-hybridized carbons (Fsp3) is 0.500. The molecule has 0 rings (SSSR count). The fourth-order valence-electron chi connectivity index (χ4n) is 0.937. The van der Waals surface area contributed by atoms with Crippen LogP contribution in [0.1, 0.15) is 13.8 Å². The summed E-state index contributed by atoms with van der Waals surface area (Å²) in [6.45, 7) is 8.98. The third-order valence-electron chi connectivity index (χ3n) is 1.85. The van der Waals surface area contributed by atoms with Crippen molar-refractivity contribution in [1.29, 1.82) is 0 Å². The van der Waals surface area contributed by atoms with E-state index in [2.05, 4.69) is 13.2 Å². The molecule has 4 atom stereocenters. The van der Waals surface area contributed by atoms with Crippen LogP contribution in [0.2, 0.25) is 0 Å². The van der Waals surface area contributed by atoms with E-state index in [9.17, 15) is 19.8 Å². The second-order valence-electron chi connectivity index (χ2n) is 3.64. The Morgan fingerprint density at radius 2 is 1.26 bits per heavy atom. The van der Waals surface area contributed by atoms with Crippen molar-refractivity contribution in [3.63, 3.8) is 0 Å². The molecule has 0 aromatic carbocycles. The molecule has 0 aliphatic carbocycles. The molecule has 0 fully saturated rings. The third kappa shape index (κ3) is 6.70. The Labute approximate surface area is 111 Å². The van der Waals surface area contributed by atoms with Gasteiger partial charge in [-0.1, -0.05) is 13.2 Å². The number of carbonyl (C=O) groups excluding carboxylic acids is 2. The average molecular weight is 274 g/mol. The van der Waals surface area contributed by atoms with E-state index in [1.165, 1.54) is 13.8 Å². The first-order valence-corrected chi connectivity index (χ1v) is 5.49. The number of hydrogen-bond acceptors (Lipinski definition) is 7. The van der Waals surface area contributed by atoms with Gasteiger partial charge in [0.1, 0.15) is 12.2 Å². The van der Waals surface area contributed by atoms with Crippen LogP contribution in [0, 0.1) is 0 Å². The summed E-state index contributed by atoms with van der Waals surface area (Å²) < 4.78 is 14.4. The Balaban J connectivity index is 4.74. The Kier molecular flexibility index (Phi) is 7.66. The van der Waals surface area contributed by atoms with Crippen LogP contribution in [0.4, 0.5) is 0 Å². The van der Waals surface area contributed by atoms with Crippen molar-refractivity contribution >= 4 is 11.9 Å². The molecular weight excluding hydrogens is 256 g/mol. The van der Waals surface area contributed by atoms with E-state index in [1.807, 2.05) is 0 Å². The van der Waals surface area contributed by atoms with Crippen LogP contribution in [-0.4, -0.2) is 46.9 Å². The van der Waals surface area contributed by atoms with Crippen molar-refractivity contribution in [2.24, 2.45) is 0 Å². The summed E-state index contributed by atoms with van der Waals surface area (Å²) in [5.74, 6) is -1.66. The Morgan fingerprint density at radius 3 is 1.47 bits per heavy atom. The molecule has 19 heavy (non-hydrogen) atoms. The van der Waals surface area contributed by atoms with E-state index >= 15 is 0 Å². The minimum absolute atomic E-state index is 0.828. The van der Waals surface area contributed by atoms with Gasteiger partial charge in [-0.2, -0.15) is 0 Å². The van der Waals surface area contributed by atoms with E-state index in [0.717, 1.165) is 12.2 Å². The highest BCUT2D eigenvalue weighted by molar-refractivity contribution is 5.81. The lowest BCUT2D eigenvalue weighted by molar-refractivity contribution is -0.273. The zero-order valence-corrected chi connectivity index (χ0v) is 10.8. The third-order valence-corrected chi connectivity index (χ3v) is 1.85. The van der Waals surface area contributed by atoms with Crippen LogP contribution in [0.25, 0.3) is 0 Å². The van der Waals surface area contributed by atoms with Crippen LogP contribution in [0.5, 0.6) is 0 Å². The molecular formula is C12H18O7. The maximum absolute atomic E-state index is 11.0. The largest absolute Gasteiger partial charge is 0.430 e. The number of aliphatic hydroxyl groups excluding tert-OH is 2. The highest BCUT2D eigenvalue weighted by atomic mass is 16.8. The van der Waals surface area contributed by atoms with Crippen LogP contribution < -0.4 is 0 Å². The van der Waals surface area contributed by atoms with E-state index in [1.54, 1.807) is 0 Å². The van der Waals surface area contributed by atoms with E-state index < -0.39 is 36.7 Å². The van der Waals surface area contributed by atoms with Gasteiger partial charge in [0.15, 0.2) is 0 Å². The Morgan fingerprint density at radius 1 is 0.947 bits per heavy atom. The smallest absolute Gasteiger partial charge is 0.332 e. The first-order valence-electron chi connectivity index (χ1n) is 5.49. The van der Waals surface area contributed by atoms with Crippen molar-refractivity contribution in [3.05, 3.63) is 25.3 Å². The summed E-state index contributed by atoms with van der Waals surface area (Å²) in [6, 6.07) is 0. The lowest BCUT2D eigenvalue weighted by Crippen LogP contribution is -2.41.